The number of methoxy groups -OCH3 is 1. The number of rotatable bonds is 6. The van der Waals surface area contributed by atoms with E-state index in [1.54, 1.807) is 20.1 Å². The highest BCUT2D eigenvalue weighted by Gasteiger charge is 2.12. The number of benzene rings is 3. The third-order valence-electron chi connectivity index (χ3n) is 4.18. The Hall–Kier alpha value is -3.54. The Labute approximate surface area is 157 Å². The van der Waals surface area contributed by atoms with E-state index in [9.17, 15) is 9.90 Å². The minimum atomic E-state index is -0.489. The summed E-state index contributed by atoms with van der Waals surface area (Å²) in [6.45, 7) is 1.74. The second-order valence-electron chi connectivity index (χ2n) is 6.05. The van der Waals surface area contributed by atoms with E-state index < -0.39 is 6.04 Å². The molecule has 0 fully saturated rings. The predicted octanol–water partition coefficient (Wildman–Crippen LogP) is 3.50. The molecule has 138 valence electrons. The number of hydrazone groups is 1. The zero-order valence-electron chi connectivity index (χ0n) is 15.1. The van der Waals surface area contributed by atoms with Crippen LogP contribution in [-0.2, 0) is 4.79 Å². The quantitative estimate of drug-likeness (QED) is 0.462. The van der Waals surface area contributed by atoms with Gasteiger partial charge in [0, 0.05) is 11.3 Å². The van der Waals surface area contributed by atoms with Crippen LogP contribution < -0.4 is 15.5 Å². The van der Waals surface area contributed by atoms with Crippen molar-refractivity contribution in [2.24, 2.45) is 5.10 Å². The second-order valence-corrected chi connectivity index (χ2v) is 6.05. The lowest BCUT2D eigenvalue weighted by Crippen LogP contribution is -2.34. The molecule has 0 aromatic heterocycles. The van der Waals surface area contributed by atoms with Crippen LogP contribution in [0.4, 0.5) is 5.69 Å². The molecule has 3 aromatic rings. The molecule has 27 heavy (non-hydrogen) atoms. The first kappa shape index (κ1) is 18.3. The van der Waals surface area contributed by atoms with Crippen LogP contribution in [0.15, 0.2) is 65.8 Å². The fourth-order valence-electron chi connectivity index (χ4n) is 2.68. The van der Waals surface area contributed by atoms with Gasteiger partial charge in [-0.2, -0.15) is 5.10 Å². The number of phenols is 1. The summed E-state index contributed by atoms with van der Waals surface area (Å²) in [6, 6.07) is 17.9. The van der Waals surface area contributed by atoms with Crippen LogP contribution in [0.3, 0.4) is 0 Å². The maximum absolute atomic E-state index is 12.2. The van der Waals surface area contributed by atoms with Gasteiger partial charge in [-0.05, 0) is 48.0 Å². The minimum absolute atomic E-state index is 0.108. The molecule has 0 heterocycles. The first-order chi connectivity index (χ1) is 13.1. The number of hydrogen-bond acceptors (Lipinski definition) is 5. The number of anilines is 1. The van der Waals surface area contributed by atoms with Gasteiger partial charge in [0.15, 0.2) is 0 Å². The number of carbonyl (C=O) groups excluding carboxylic acids is 1. The van der Waals surface area contributed by atoms with Gasteiger partial charge in [0.1, 0.15) is 17.5 Å². The molecule has 0 aliphatic carbocycles. The third-order valence-corrected chi connectivity index (χ3v) is 4.18. The summed E-state index contributed by atoms with van der Waals surface area (Å²) >= 11 is 0. The fourth-order valence-corrected chi connectivity index (χ4v) is 2.68. The molecule has 0 aliphatic rings. The Morgan fingerprint density at radius 1 is 1.11 bits per heavy atom. The maximum atomic E-state index is 12.2. The first-order valence-corrected chi connectivity index (χ1v) is 8.52. The van der Waals surface area contributed by atoms with Crippen molar-refractivity contribution in [1.29, 1.82) is 0 Å². The highest BCUT2D eigenvalue weighted by molar-refractivity contribution is 6.02. The monoisotopic (exact) mass is 363 g/mol. The minimum Gasteiger partial charge on any atom is -0.507 e. The van der Waals surface area contributed by atoms with Gasteiger partial charge in [-0.3, -0.25) is 4.79 Å². The van der Waals surface area contributed by atoms with E-state index in [0.29, 0.717) is 5.56 Å². The maximum Gasteiger partial charge on any atom is 0.262 e. The molecular formula is C21H21N3O3. The summed E-state index contributed by atoms with van der Waals surface area (Å²) in [6.07, 6.45) is 1.45. The topological polar surface area (TPSA) is 83.0 Å². The summed E-state index contributed by atoms with van der Waals surface area (Å²) in [5.41, 5.74) is 3.86. The number of fused-ring (bicyclic) bond motifs is 1. The van der Waals surface area contributed by atoms with Crippen molar-refractivity contribution in [3.05, 3.63) is 66.2 Å². The molecule has 0 bridgehead atoms. The summed E-state index contributed by atoms with van der Waals surface area (Å²) in [5, 5.41) is 19.0. The van der Waals surface area contributed by atoms with E-state index in [4.69, 9.17) is 4.74 Å². The molecule has 3 rings (SSSR count). The van der Waals surface area contributed by atoms with Crippen molar-refractivity contribution in [1.82, 2.24) is 5.43 Å². The molecule has 0 saturated heterocycles. The van der Waals surface area contributed by atoms with Gasteiger partial charge in [0.25, 0.3) is 5.91 Å². The number of nitrogens with zero attached hydrogens (tertiary/aromatic N) is 1. The third kappa shape index (κ3) is 4.36. The van der Waals surface area contributed by atoms with Crippen LogP contribution in [0.1, 0.15) is 12.5 Å². The molecular weight excluding hydrogens is 342 g/mol. The van der Waals surface area contributed by atoms with Crippen molar-refractivity contribution in [3.8, 4) is 11.5 Å². The SMILES string of the molecule is COc1ccc(N[C@@H](C)C(=O)N/N=C\c2c(O)ccc3ccccc23)cc1. The van der Waals surface area contributed by atoms with Gasteiger partial charge in [-0.25, -0.2) is 5.43 Å². The molecule has 0 spiro atoms. The van der Waals surface area contributed by atoms with Crippen LogP contribution in [0.25, 0.3) is 10.8 Å². The van der Waals surface area contributed by atoms with Gasteiger partial charge >= 0.3 is 0 Å². The van der Waals surface area contributed by atoms with Crippen molar-refractivity contribution >= 4 is 28.6 Å². The van der Waals surface area contributed by atoms with Gasteiger partial charge in [-0.1, -0.05) is 30.3 Å². The van der Waals surface area contributed by atoms with Gasteiger partial charge < -0.3 is 15.2 Å². The zero-order chi connectivity index (χ0) is 19.2. The van der Waals surface area contributed by atoms with Crippen molar-refractivity contribution < 1.29 is 14.6 Å². The Kier molecular flexibility index (Phi) is 5.56. The van der Waals surface area contributed by atoms with Gasteiger partial charge in [0.2, 0.25) is 0 Å². The van der Waals surface area contributed by atoms with Crippen molar-refractivity contribution in [2.75, 3.05) is 12.4 Å². The lowest BCUT2D eigenvalue weighted by atomic mass is 10.0. The van der Waals surface area contributed by atoms with Crippen LogP contribution >= 0.6 is 0 Å². The number of hydrogen-bond donors (Lipinski definition) is 3. The number of nitrogens with one attached hydrogen (secondary N) is 2. The smallest absolute Gasteiger partial charge is 0.262 e. The largest absolute Gasteiger partial charge is 0.507 e. The fraction of sp³-hybridized carbons (Fsp3) is 0.143. The Bertz CT molecular complexity index is 968. The lowest BCUT2D eigenvalue weighted by Gasteiger charge is -2.13. The van der Waals surface area contributed by atoms with Crippen LogP contribution in [0.2, 0.25) is 0 Å². The Morgan fingerprint density at radius 2 is 1.85 bits per heavy atom. The Morgan fingerprint density at radius 3 is 2.59 bits per heavy atom. The zero-order valence-corrected chi connectivity index (χ0v) is 15.1. The normalized spacial score (nSPS) is 12.1. The van der Waals surface area contributed by atoms with E-state index in [1.807, 2.05) is 54.6 Å². The van der Waals surface area contributed by atoms with E-state index in [2.05, 4.69) is 15.8 Å². The molecule has 0 radical (unpaired) electrons. The molecule has 0 aliphatic heterocycles. The molecule has 3 N–H and O–H groups in total. The van der Waals surface area contributed by atoms with Crippen LogP contribution in [0.5, 0.6) is 11.5 Å². The van der Waals surface area contributed by atoms with Crippen molar-refractivity contribution in [3.63, 3.8) is 0 Å². The van der Waals surface area contributed by atoms with Crippen LogP contribution in [-0.4, -0.2) is 30.4 Å². The molecule has 6 heteroatoms. The van der Waals surface area contributed by atoms with E-state index in [-0.39, 0.29) is 11.7 Å². The molecule has 0 unspecified atom stereocenters. The first-order valence-electron chi connectivity index (χ1n) is 8.52. The van der Waals surface area contributed by atoms with Gasteiger partial charge in [-0.15, -0.1) is 0 Å². The van der Waals surface area contributed by atoms with Crippen LogP contribution in [0, 0.1) is 0 Å². The molecule has 6 nitrogen and oxygen atoms in total. The average molecular weight is 363 g/mol. The molecule has 3 aromatic carbocycles. The number of ether oxygens (including phenoxy) is 1. The standard InChI is InChI=1S/C21H21N3O3/c1-14(23-16-8-10-17(27-2)11-9-16)21(26)24-22-13-19-18-6-4-3-5-15(18)7-12-20(19)25/h3-14,23,25H,1-2H3,(H,24,26)/b22-13-/t14-/m0/s1. The highest BCUT2D eigenvalue weighted by Crippen LogP contribution is 2.25. The summed E-state index contributed by atoms with van der Waals surface area (Å²) in [7, 11) is 1.60. The van der Waals surface area contributed by atoms with E-state index in [1.165, 1.54) is 6.21 Å². The predicted molar refractivity (Wildman–Crippen MR) is 107 cm³/mol. The number of amides is 1. The summed E-state index contributed by atoms with van der Waals surface area (Å²) in [5.74, 6) is 0.565. The lowest BCUT2D eigenvalue weighted by molar-refractivity contribution is -0.121. The average Bonchev–Trinajstić information content (AvgIpc) is 2.70. The molecule has 1 atom stereocenters. The second kappa shape index (κ2) is 8.23. The number of phenolic OH excluding ortho intramolecular Hbond substituents is 1. The summed E-state index contributed by atoms with van der Waals surface area (Å²) in [4.78, 5) is 12.2. The van der Waals surface area contributed by atoms with Gasteiger partial charge in [0.05, 0.1) is 13.3 Å². The molecule has 0 saturated carbocycles. The number of aromatic hydroxyl groups is 1. The van der Waals surface area contributed by atoms with E-state index in [0.717, 1.165) is 22.2 Å². The molecule has 1 amide bonds. The highest BCUT2D eigenvalue weighted by atomic mass is 16.5. The number of carbonyl (C=O) groups is 1. The summed E-state index contributed by atoms with van der Waals surface area (Å²) < 4.78 is 5.11. The van der Waals surface area contributed by atoms with E-state index >= 15 is 0 Å². The van der Waals surface area contributed by atoms with Crippen molar-refractivity contribution in [2.45, 2.75) is 13.0 Å². The Balaban J connectivity index is 1.65.